The van der Waals surface area contributed by atoms with Crippen LogP contribution in [0, 0.1) is 0 Å². The van der Waals surface area contributed by atoms with Crippen LogP contribution >= 0.6 is 34.7 Å². The molecule has 0 aliphatic carbocycles. The van der Waals surface area contributed by atoms with Crippen molar-refractivity contribution in [2.24, 2.45) is 0 Å². The summed E-state index contributed by atoms with van der Waals surface area (Å²) in [5, 5.41) is 11.9. The molecule has 0 bridgehead atoms. The molecule has 4 aromatic rings. The van der Waals surface area contributed by atoms with Gasteiger partial charge in [0.15, 0.2) is 15.9 Å². The molecule has 132 valence electrons. The number of thioether (sulfide) groups is 1. The summed E-state index contributed by atoms with van der Waals surface area (Å²) in [5.41, 5.74) is 1.59. The van der Waals surface area contributed by atoms with Crippen molar-refractivity contribution < 1.29 is 0 Å². The van der Waals surface area contributed by atoms with E-state index in [0.717, 1.165) is 28.8 Å². The first kappa shape index (κ1) is 17.3. The zero-order chi connectivity index (χ0) is 18.1. The zero-order valence-corrected chi connectivity index (χ0v) is 16.2. The van der Waals surface area contributed by atoms with E-state index in [0.29, 0.717) is 15.7 Å². The molecule has 1 aromatic carbocycles. The molecule has 0 aliphatic rings. The maximum atomic E-state index is 12.1. The van der Waals surface area contributed by atoms with Gasteiger partial charge in [0.25, 0.3) is 5.56 Å². The van der Waals surface area contributed by atoms with Gasteiger partial charge in [0.05, 0.1) is 5.69 Å². The van der Waals surface area contributed by atoms with E-state index in [1.807, 2.05) is 41.1 Å². The summed E-state index contributed by atoms with van der Waals surface area (Å²) in [6, 6.07) is 9.13. The molecular weight excluding hydrogens is 390 g/mol. The molecule has 3 aromatic heterocycles. The van der Waals surface area contributed by atoms with Crippen molar-refractivity contribution in [1.82, 2.24) is 24.1 Å². The van der Waals surface area contributed by atoms with Gasteiger partial charge in [-0.15, -0.1) is 21.5 Å². The van der Waals surface area contributed by atoms with Crippen LogP contribution in [0.4, 0.5) is 0 Å². The SMILES string of the molecule is CCn1c(SCc2cc(=O)n3ccsc3n2)nnc1-c1cccc(Cl)c1. The molecule has 3 heterocycles. The van der Waals surface area contributed by atoms with Crippen LogP contribution in [-0.2, 0) is 12.3 Å². The smallest absolute Gasteiger partial charge is 0.258 e. The van der Waals surface area contributed by atoms with Crippen molar-refractivity contribution >= 4 is 39.7 Å². The number of fused-ring (bicyclic) bond motifs is 1. The highest BCUT2D eigenvalue weighted by molar-refractivity contribution is 7.98. The molecule has 26 heavy (non-hydrogen) atoms. The van der Waals surface area contributed by atoms with Gasteiger partial charge in [-0.1, -0.05) is 35.5 Å². The molecule has 9 heteroatoms. The van der Waals surface area contributed by atoms with Gasteiger partial charge < -0.3 is 4.57 Å². The lowest BCUT2D eigenvalue weighted by molar-refractivity contribution is 0.687. The highest BCUT2D eigenvalue weighted by Crippen LogP contribution is 2.27. The fraction of sp³-hybridized carbons (Fsp3) is 0.176. The van der Waals surface area contributed by atoms with Gasteiger partial charge in [0.2, 0.25) is 0 Å². The van der Waals surface area contributed by atoms with E-state index in [4.69, 9.17) is 11.6 Å². The van der Waals surface area contributed by atoms with Gasteiger partial charge in [-0.05, 0) is 19.1 Å². The van der Waals surface area contributed by atoms with Crippen molar-refractivity contribution in [2.45, 2.75) is 24.4 Å². The van der Waals surface area contributed by atoms with Crippen molar-refractivity contribution in [3.8, 4) is 11.4 Å². The number of rotatable bonds is 5. The van der Waals surface area contributed by atoms with E-state index < -0.39 is 0 Å². The summed E-state index contributed by atoms with van der Waals surface area (Å²) < 4.78 is 3.58. The topological polar surface area (TPSA) is 65.1 Å². The Morgan fingerprint density at radius 1 is 1.27 bits per heavy atom. The first-order valence-corrected chi connectivity index (χ1v) is 10.2. The van der Waals surface area contributed by atoms with E-state index in [1.54, 1.807) is 16.7 Å². The average molecular weight is 404 g/mol. The van der Waals surface area contributed by atoms with Crippen molar-refractivity contribution in [3.63, 3.8) is 0 Å². The minimum absolute atomic E-state index is 0.0663. The van der Waals surface area contributed by atoms with E-state index in [2.05, 4.69) is 15.2 Å². The predicted molar refractivity (Wildman–Crippen MR) is 105 cm³/mol. The fourth-order valence-corrected chi connectivity index (χ4v) is 4.45. The Morgan fingerprint density at radius 3 is 2.96 bits per heavy atom. The number of benzene rings is 1. The van der Waals surface area contributed by atoms with Crippen LogP contribution in [0.25, 0.3) is 16.3 Å². The molecule has 0 atom stereocenters. The lowest BCUT2D eigenvalue weighted by Gasteiger charge is -2.07. The number of hydrogen-bond acceptors (Lipinski definition) is 6. The molecule has 0 aliphatic heterocycles. The lowest BCUT2D eigenvalue weighted by Crippen LogP contribution is -2.12. The van der Waals surface area contributed by atoms with Crippen LogP contribution in [0.2, 0.25) is 5.02 Å². The summed E-state index contributed by atoms with van der Waals surface area (Å²) in [5.74, 6) is 1.33. The maximum Gasteiger partial charge on any atom is 0.258 e. The van der Waals surface area contributed by atoms with Crippen LogP contribution in [0.3, 0.4) is 0 Å². The molecule has 0 spiro atoms. The lowest BCUT2D eigenvalue weighted by atomic mass is 10.2. The minimum atomic E-state index is -0.0663. The summed E-state index contributed by atoms with van der Waals surface area (Å²) >= 11 is 9.05. The molecule has 0 N–H and O–H groups in total. The van der Waals surface area contributed by atoms with Crippen LogP contribution in [0.1, 0.15) is 12.6 Å². The third-order valence-electron chi connectivity index (χ3n) is 3.82. The molecule has 0 amide bonds. The molecule has 6 nitrogen and oxygen atoms in total. The highest BCUT2D eigenvalue weighted by Gasteiger charge is 2.14. The second-order valence-corrected chi connectivity index (χ2v) is 7.74. The van der Waals surface area contributed by atoms with Gasteiger partial charge >= 0.3 is 0 Å². The minimum Gasteiger partial charge on any atom is -0.302 e. The van der Waals surface area contributed by atoms with Crippen LogP contribution in [0.5, 0.6) is 0 Å². The van der Waals surface area contributed by atoms with E-state index in [-0.39, 0.29) is 5.56 Å². The molecule has 4 rings (SSSR count). The third kappa shape index (κ3) is 3.27. The Morgan fingerprint density at radius 2 is 2.15 bits per heavy atom. The second kappa shape index (κ2) is 7.22. The molecule has 0 fully saturated rings. The molecule has 0 radical (unpaired) electrons. The first-order valence-electron chi connectivity index (χ1n) is 7.93. The third-order valence-corrected chi connectivity index (χ3v) is 5.81. The Labute approximate surface area is 162 Å². The van der Waals surface area contributed by atoms with Crippen LogP contribution in [-0.4, -0.2) is 24.1 Å². The van der Waals surface area contributed by atoms with Crippen molar-refractivity contribution in [1.29, 1.82) is 0 Å². The van der Waals surface area contributed by atoms with Crippen molar-refractivity contribution in [3.05, 3.63) is 63.0 Å². The van der Waals surface area contributed by atoms with E-state index in [1.165, 1.54) is 23.1 Å². The Bertz CT molecular complexity index is 1130. The number of nitrogens with zero attached hydrogens (tertiary/aromatic N) is 5. The second-order valence-electron chi connectivity index (χ2n) is 5.49. The normalized spacial score (nSPS) is 11.3. The average Bonchev–Trinajstić information content (AvgIpc) is 3.26. The van der Waals surface area contributed by atoms with Gasteiger partial charge in [-0.3, -0.25) is 9.20 Å². The van der Waals surface area contributed by atoms with Crippen LogP contribution < -0.4 is 5.56 Å². The Kier molecular flexibility index (Phi) is 4.80. The molecule has 0 saturated heterocycles. The van der Waals surface area contributed by atoms with Gasteiger partial charge in [0.1, 0.15) is 0 Å². The van der Waals surface area contributed by atoms with Crippen LogP contribution in [0.15, 0.2) is 51.9 Å². The highest BCUT2D eigenvalue weighted by atomic mass is 35.5. The van der Waals surface area contributed by atoms with Gasteiger partial charge in [0, 0.05) is 40.5 Å². The van der Waals surface area contributed by atoms with Gasteiger partial charge in [-0.25, -0.2) is 4.98 Å². The summed E-state index contributed by atoms with van der Waals surface area (Å²) in [4.78, 5) is 17.3. The summed E-state index contributed by atoms with van der Waals surface area (Å²) in [7, 11) is 0. The van der Waals surface area contributed by atoms with Crippen molar-refractivity contribution in [2.75, 3.05) is 0 Å². The maximum absolute atomic E-state index is 12.1. The van der Waals surface area contributed by atoms with E-state index in [9.17, 15) is 4.79 Å². The number of thiazole rings is 1. The molecule has 0 unspecified atom stereocenters. The largest absolute Gasteiger partial charge is 0.302 e. The number of aromatic nitrogens is 5. The fourth-order valence-electron chi connectivity index (χ4n) is 2.62. The quantitative estimate of drug-likeness (QED) is 0.471. The Balaban J connectivity index is 1.61. The summed E-state index contributed by atoms with van der Waals surface area (Å²) in [6.07, 6.45) is 1.73. The summed E-state index contributed by atoms with van der Waals surface area (Å²) in [6.45, 7) is 2.78. The number of halogens is 1. The zero-order valence-electron chi connectivity index (χ0n) is 13.8. The van der Waals surface area contributed by atoms with E-state index >= 15 is 0 Å². The molecule has 0 saturated carbocycles. The number of hydrogen-bond donors (Lipinski definition) is 0. The standard InChI is InChI=1S/C17H14ClN5OS2/c1-2-22-15(11-4-3-5-12(18)8-11)20-21-17(22)26-10-13-9-14(24)23-6-7-25-16(23)19-13/h3-9H,2,10H2,1H3. The Hall–Kier alpha value is -2.16. The monoisotopic (exact) mass is 403 g/mol. The van der Waals surface area contributed by atoms with Gasteiger partial charge in [-0.2, -0.15) is 0 Å². The molecular formula is C17H14ClN5OS2. The first-order chi connectivity index (χ1) is 12.7. The predicted octanol–water partition coefficient (Wildman–Crippen LogP) is 3.98.